The minimum atomic E-state index is -4.50. The number of hydrogen-bond acceptors (Lipinski definition) is 9. The van der Waals surface area contributed by atoms with Gasteiger partial charge in [0.2, 0.25) is 5.88 Å². The molecule has 0 radical (unpaired) electrons. The molecule has 2 atom stereocenters. The molecule has 56 heavy (non-hydrogen) atoms. The maximum absolute atomic E-state index is 17.3. The number of pyridine rings is 1. The number of nitrogens with zero attached hydrogens (tertiary/aromatic N) is 6. The first-order valence-electron chi connectivity index (χ1n) is 18.6. The van der Waals surface area contributed by atoms with Gasteiger partial charge in [-0.25, -0.2) is 18.2 Å². The number of ether oxygens (including phenoxy) is 2. The Balaban J connectivity index is 1.21. The largest absolute Gasteiger partial charge is 0.508 e. The molecule has 2 unspecified atom stereocenters. The van der Waals surface area contributed by atoms with Gasteiger partial charge in [0.15, 0.2) is 11.8 Å². The Labute approximate surface area is 318 Å². The minimum Gasteiger partial charge on any atom is -0.508 e. The van der Waals surface area contributed by atoms with Crippen LogP contribution in [-0.4, -0.2) is 113 Å². The number of piperidine rings is 1. The molecule has 2 aromatic heterocycles. The lowest BCUT2D eigenvalue weighted by Gasteiger charge is -2.43. The first-order valence-corrected chi connectivity index (χ1v) is 18.6. The lowest BCUT2D eigenvalue weighted by atomic mass is 9.95. The number of aromatic nitrogens is 3. The summed E-state index contributed by atoms with van der Waals surface area (Å²) in [6.45, 7) is 1.32. The van der Waals surface area contributed by atoms with Gasteiger partial charge in [0.25, 0.3) is 0 Å². The van der Waals surface area contributed by atoms with Crippen molar-refractivity contribution >= 4 is 33.5 Å². The summed E-state index contributed by atoms with van der Waals surface area (Å²) in [6.07, 6.45) is 4.30. The number of nitrogens with one attached hydrogen (secondary N) is 2. The van der Waals surface area contributed by atoms with Crippen molar-refractivity contribution in [2.24, 2.45) is 5.41 Å². The van der Waals surface area contributed by atoms with Crippen LogP contribution >= 0.6 is 0 Å². The Kier molecular flexibility index (Phi) is 9.66. The standard InChI is InChI=1S/C39H40F6N8O3/c1-3-26-28(41)7-4-21-14-25(54)15-27(29(21)26)32-31(42)33-30(35(48-32)55-2)34(52-16-23-5-6-24(17-52)53(23)36(46)47-18-39(43,44)45)50-37(49-33)56-20-38(10-11-38)19-51-12-8-22(40)9-13-51/h1,4,7,14-15,22-24,54H,5-6,8-13,16-20H2,2H3,(H2,46,47). The molecule has 3 saturated heterocycles. The number of anilines is 1. The van der Waals surface area contributed by atoms with Gasteiger partial charge in [-0.15, -0.1) is 6.42 Å². The Morgan fingerprint density at radius 3 is 2.41 bits per heavy atom. The number of rotatable bonds is 9. The van der Waals surface area contributed by atoms with Crippen molar-refractivity contribution in [1.82, 2.24) is 30.1 Å². The molecule has 1 aliphatic carbocycles. The lowest BCUT2D eigenvalue weighted by molar-refractivity contribution is -0.122. The van der Waals surface area contributed by atoms with E-state index >= 15 is 8.78 Å². The number of alkyl halides is 4. The fourth-order valence-electron chi connectivity index (χ4n) is 8.47. The highest BCUT2D eigenvalue weighted by molar-refractivity contribution is 6.04. The van der Waals surface area contributed by atoms with Crippen LogP contribution in [0.1, 0.15) is 44.1 Å². The molecular weight excluding hydrogens is 742 g/mol. The molecule has 1 saturated carbocycles. The van der Waals surface area contributed by atoms with E-state index in [2.05, 4.69) is 26.1 Å². The van der Waals surface area contributed by atoms with Crippen molar-refractivity contribution in [3.63, 3.8) is 0 Å². The van der Waals surface area contributed by atoms with Crippen LogP contribution in [0.25, 0.3) is 32.9 Å². The Morgan fingerprint density at radius 1 is 1.05 bits per heavy atom. The Hall–Kier alpha value is -5.24. The molecule has 0 amide bonds. The van der Waals surface area contributed by atoms with Gasteiger partial charge in [0.1, 0.15) is 46.7 Å². The fraction of sp³-hybridized carbons (Fsp3) is 0.487. The van der Waals surface area contributed by atoms with Crippen LogP contribution in [0.4, 0.5) is 32.2 Å². The predicted octanol–water partition coefficient (Wildman–Crippen LogP) is 6.15. The van der Waals surface area contributed by atoms with E-state index in [4.69, 9.17) is 26.3 Å². The normalized spacial score (nSPS) is 21.0. The number of piperazine rings is 1. The van der Waals surface area contributed by atoms with Crippen LogP contribution < -0.4 is 19.7 Å². The predicted molar refractivity (Wildman–Crippen MR) is 197 cm³/mol. The summed E-state index contributed by atoms with van der Waals surface area (Å²) in [5, 5.41) is 21.9. The van der Waals surface area contributed by atoms with Crippen molar-refractivity contribution in [1.29, 1.82) is 5.41 Å². The van der Waals surface area contributed by atoms with E-state index < -0.39 is 30.5 Å². The van der Waals surface area contributed by atoms with Crippen molar-refractivity contribution in [3.8, 4) is 41.2 Å². The van der Waals surface area contributed by atoms with Crippen LogP contribution in [0, 0.1) is 34.8 Å². The number of likely N-dealkylation sites (tertiary alicyclic amines) is 1. The lowest BCUT2D eigenvalue weighted by Crippen LogP contribution is -2.59. The molecule has 3 N–H and O–H groups in total. The molecule has 3 aliphatic heterocycles. The third-order valence-corrected chi connectivity index (χ3v) is 11.4. The zero-order valence-electron chi connectivity index (χ0n) is 30.5. The molecule has 2 aromatic carbocycles. The van der Waals surface area contributed by atoms with E-state index in [1.54, 1.807) is 4.90 Å². The Morgan fingerprint density at radius 2 is 1.77 bits per heavy atom. The molecule has 4 aromatic rings. The monoisotopic (exact) mass is 782 g/mol. The minimum absolute atomic E-state index is 0.00158. The van der Waals surface area contributed by atoms with Crippen LogP contribution in [0.15, 0.2) is 24.3 Å². The summed E-state index contributed by atoms with van der Waals surface area (Å²) < 4.78 is 97.2. The van der Waals surface area contributed by atoms with Crippen LogP contribution in [0.2, 0.25) is 0 Å². The van der Waals surface area contributed by atoms with E-state index in [-0.39, 0.29) is 99.7 Å². The zero-order chi connectivity index (χ0) is 39.5. The number of phenols is 1. The van der Waals surface area contributed by atoms with Gasteiger partial charge in [-0.2, -0.15) is 23.1 Å². The van der Waals surface area contributed by atoms with Crippen molar-refractivity contribution in [3.05, 3.63) is 41.5 Å². The second-order valence-electron chi connectivity index (χ2n) is 15.2. The number of hydrogen-bond donors (Lipinski definition) is 3. The molecule has 2 bridgehead atoms. The van der Waals surface area contributed by atoms with Gasteiger partial charge in [-0.1, -0.05) is 12.0 Å². The van der Waals surface area contributed by atoms with Crippen LogP contribution in [0.5, 0.6) is 17.6 Å². The second kappa shape index (κ2) is 14.4. The third kappa shape index (κ3) is 7.15. The number of fused-ring (bicyclic) bond motifs is 4. The molecule has 296 valence electrons. The van der Waals surface area contributed by atoms with Gasteiger partial charge in [0.05, 0.1) is 19.3 Å². The SMILES string of the molecule is C#Cc1c(F)ccc2cc(O)cc(-c3nc(OC)c4c(N5CC6CCC(C5)N6C(=N)NCC(F)(F)F)nc(OCC5(CN6CCC(F)CC6)CC5)nc4c3F)c12. The number of phenolic OH excluding ortho intramolecular Hbond substituents is 1. The number of guanidine groups is 1. The number of aromatic hydroxyl groups is 1. The number of halogens is 6. The molecule has 8 rings (SSSR count). The summed E-state index contributed by atoms with van der Waals surface area (Å²) in [4.78, 5) is 19.6. The fourth-order valence-corrected chi connectivity index (χ4v) is 8.47. The maximum Gasteiger partial charge on any atom is 0.405 e. The zero-order valence-corrected chi connectivity index (χ0v) is 30.5. The third-order valence-electron chi connectivity index (χ3n) is 11.4. The number of terminal acetylenes is 1. The van der Waals surface area contributed by atoms with Crippen molar-refractivity contribution in [2.75, 3.05) is 57.9 Å². The summed E-state index contributed by atoms with van der Waals surface area (Å²) in [7, 11) is 1.34. The summed E-state index contributed by atoms with van der Waals surface area (Å²) in [6, 6.07) is 4.32. The molecule has 4 fully saturated rings. The van der Waals surface area contributed by atoms with E-state index in [0.717, 1.165) is 18.9 Å². The van der Waals surface area contributed by atoms with Crippen molar-refractivity contribution in [2.45, 2.75) is 63.0 Å². The highest BCUT2D eigenvalue weighted by atomic mass is 19.4. The summed E-state index contributed by atoms with van der Waals surface area (Å²) in [5.41, 5.74) is -0.924. The van der Waals surface area contributed by atoms with E-state index in [1.165, 1.54) is 25.3 Å². The molecule has 0 spiro atoms. The average Bonchev–Trinajstić information content (AvgIpc) is 3.88. The molecule has 17 heteroatoms. The van der Waals surface area contributed by atoms with Gasteiger partial charge in [-0.3, -0.25) is 5.41 Å². The van der Waals surface area contributed by atoms with E-state index in [0.29, 0.717) is 50.7 Å². The highest BCUT2D eigenvalue weighted by Crippen LogP contribution is 2.48. The summed E-state index contributed by atoms with van der Waals surface area (Å²) >= 11 is 0. The van der Waals surface area contributed by atoms with Gasteiger partial charge in [0, 0.05) is 61.2 Å². The van der Waals surface area contributed by atoms with E-state index in [1.807, 2.05) is 4.90 Å². The smallest absolute Gasteiger partial charge is 0.405 e. The quantitative estimate of drug-likeness (QED) is 0.0789. The number of methoxy groups -OCH3 is 1. The van der Waals surface area contributed by atoms with Crippen LogP contribution in [-0.2, 0) is 0 Å². The second-order valence-corrected chi connectivity index (χ2v) is 15.2. The van der Waals surface area contributed by atoms with Gasteiger partial charge >= 0.3 is 12.2 Å². The van der Waals surface area contributed by atoms with Crippen LogP contribution in [0.3, 0.4) is 0 Å². The highest BCUT2D eigenvalue weighted by Gasteiger charge is 2.46. The summed E-state index contributed by atoms with van der Waals surface area (Å²) in [5.74, 6) is 0.228. The van der Waals surface area contributed by atoms with Gasteiger partial charge < -0.3 is 34.6 Å². The van der Waals surface area contributed by atoms with Gasteiger partial charge in [-0.05, 0) is 62.1 Å². The molecule has 5 heterocycles. The molecule has 4 aliphatic rings. The number of benzene rings is 2. The Bertz CT molecular complexity index is 2220. The first kappa shape index (κ1) is 37.7. The average molecular weight is 783 g/mol. The molecule has 11 nitrogen and oxygen atoms in total. The molecular formula is C39H40F6N8O3. The first-order chi connectivity index (χ1) is 26.8. The van der Waals surface area contributed by atoms with Crippen molar-refractivity contribution < 1.29 is 40.9 Å². The topological polar surface area (TPSA) is 123 Å². The van der Waals surface area contributed by atoms with E-state index in [9.17, 15) is 22.7 Å². The maximum atomic E-state index is 17.3.